The average molecular weight is 277 g/mol. The molecule has 1 saturated heterocycles. The maximum atomic E-state index is 12.2. The zero-order valence-corrected chi connectivity index (χ0v) is 12.0. The minimum atomic E-state index is -0.0382. The fourth-order valence-corrected chi connectivity index (χ4v) is 2.60. The first-order chi connectivity index (χ1) is 9.70. The zero-order chi connectivity index (χ0) is 14.4. The van der Waals surface area contributed by atoms with Gasteiger partial charge in [0.15, 0.2) is 0 Å². The van der Waals surface area contributed by atoms with Gasteiger partial charge in [-0.3, -0.25) is 4.98 Å². The van der Waals surface area contributed by atoms with Gasteiger partial charge < -0.3 is 15.3 Å². The predicted octanol–water partition coefficient (Wildman–Crippen LogP) is 1.84. The van der Waals surface area contributed by atoms with Crippen LogP contribution in [0.5, 0.6) is 0 Å². The Kier molecular flexibility index (Phi) is 5.35. The molecule has 2 rings (SSSR count). The van der Waals surface area contributed by atoms with Crippen LogP contribution in [0.3, 0.4) is 0 Å². The van der Waals surface area contributed by atoms with Crippen molar-refractivity contribution in [3.05, 3.63) is 29.6 Å². The highest BCUT2D eigenvalue weighted by molar-refractivity contribution is 5.74. The fourth-order valence-electron chi connectivity index (χ4n) is 2.60. The molecule has 0 aliphatic carbocycles. The molecule has 5 nitrogen and oxygen atoms in total. The van der Waals surface area contributed by atoms with Crippen molar-refractivity contribution in [2.45, 2.75) is 45.2 Å². The van der Waals surface area contributed by atoms with Crippen LogP contribution in [0.4, 0.5) is 4.79 Å². The third kappa shape index (κ3) is 3.93. The van der Waals surface area contributed by atoms with Crippen LogP contribution < -0.4 is 5.32 Å². The number of aliphatic hydroxyl groups is 1. The third-order valence-corrected chi connectivity index (χ3v) is 3.77. The van der Waals surface area contributed by atoms with E-state index in [-0.39, 0.29) is 18.7 Å². The van der Waals surface area contributed by atoms with E-state index in [0.29, 0.717) is 13.0 Å². The van der Waals surface area contributed by atoms with E-state index in [1.54, 1.807) is 6.20 Å². The molecule has 0 radical (unpaired) electrons. The maximum Gasteiger partial charge on any atom is 0.317 e. The van der Waals surface area contributed by atoms with E-state index in [9.17, 15) is 4.79 Å². The quantitative estimate of drug-likeness (QED) is 0.882. The molecule has 1 unspecified atom stereocenters. The third-order valence-electron chi connectivity index (χ3n) is 3.77. The highest BCUT2D eigenvalue weighted by Crippen LogP contribution is 2.19. The number of hydrogen-bond donors (Lipinski definition) is 2. The van der Waals surface area contributed by atoms with Gasteiger partial charge in [0.2, 0.25) is 0 Å². The standard InChI is InChI=1S/C15H23N3O2/c1-12-5-6-13(10-16-12)11-17-15(20)18-8-3-2-4-14(18)7-9-19/h5-6,10,14,19H,2-4,7-9,11H2,1H3,(H,17,20). The van der Waals surface area contributed by atoms with Gasteiger partial charge in [0.1, 0.15) is 0 Å². The van der Waals surface area contributed by atoms with Crippen LogP contribution in [0.2, 0.25) is 0 Å². The minimum absolute atomic E-state index is 0.0382. The monoisotopic (exact) mass is 277 g/mol. The van der Waals surface area contributed by atoms with Crippen LogP contribution in [0, 0.1) is 6.92 Å². The smallest absolute Gasteiger partial charge is 0.317 e. The normalized spacial score (nSPS) is 18.9. The molecule has 1 aromatic heterocycles. The molecule has 2 N–H and O–H groups in total. The molecule has 1 aliphatic rings. The highest BCUT2D eigenvalue weighted by atomic mass is 16.3. The van der Waals surface area contributed by atoms with Crippen molar-refractivity contribution < 1.29 is 9.90 Å². The molecular weight excluding hydrogens is 254 g/mol. The average Bonchev–Trinajstić information content (AvgIpc) is 2.47. The molecule has 2 heterocycles. The first-order valence-electron chi connectivity index (χ1n) is 7.27. The Morgan fingerprint density at radius 1 is 1.50 bits per heavy atom. The van der Waals surface area contributed by atoms with Gasteiger partial charge in [0.05, 0.1) is 0 Å². The second-order valence-electron chi connectivity index (χ2n) is 5.32. The number of pyridine rings is 1. The number of likely N-dealkylation sites (tertiary alicyclic amines) is 1. The van der Waals surface area contributed by atoms with E-state index in [1.165, 1.54) is 0 Å². The number of aromatic nitrogens is 1. The Morgan fingerprint density at radius 2 is 2.35 bits per heavy atom. The summed E-state index contributed by atoms with van der Waals surface area (Å²) in [6.07, 6.45) is 5.62. The zero-order valence-electron chi connectivity index (χ0n) is 12.0. The van der Waals surface area contributed by atoms with Gasteiger partial charge in [-0.15, -0.1) is 0 Å². The van der Waals surface area contributed by atoms with Crippen LogP contribution in [0.25, 0.3) is 0 Å². The predicted molar refractivity (Wildman–Crippen MR) is 77.3 cm³/mol. The first kappa shape index (κ1) is 14.8. The van der Waals surface area contributed by atoms with Crippen LogP contribution in [-0.2, 0) is 6.54 Å². The molecule has 0 saturated carbocycles. The Morgan fingerprint density at radius 3 is 3.05 bits per heavy atom. The van der Waals surface area contributed by atoms with Gasteiger partial charge in [-0.05, 0) is 44.2 Å². The molecule has 1 aromatic rings. The fraction of sp³-hybridized carbons (Fsp3) is 0.600. The lowest BCUT2D eigenvalue weighted by Crippen LogP contribution is -2.48. The van der Waals surface area contributed by atoms with Crippen molar-refractivity contribution in [2.24, 2.45) is 0 Å². The number of carbonyl (C=O) groups is 1. The second kappa shape index (κ2) is 7.24. The molecule has 5 heteroatoms. The Bertz CT molecular complexity index is 431. The van der Waals surface area contributed by atoms with Gasteiger partial charge in [0, 0.05) is 37.6 Å². The van der Waals surface area contributed by atoms with E-state index in [4.69, 9.17) is 5.11 Å². The number of nitrogens with one attached hydrogen (secondary N) is 1. The summed E-state index contributed by atoms with van der Waals surface area (Å²) in [5, 5.41) is 12.0. The number of piperidine rings is 1. The molecule has 0 spiro atoms. The van der Waals surface area contributed by atoms with E-state index in [1.807, 2.05) is 24.0 Å². The number of nitrogens with zero attached hydrogens (tertiary/aromatic N) is 2. The van der Waals surface area contributed by atoms with Crippen molar-refractivity contribution in [2.75, 3.05) is 13.2 Å². The van der Waals surface area contributed by atoms with Crippen molar-refractivity contribution >= 4 is 6.03 Å². The lowest BCUT2D eigenvalue weighted by atomic mass is 10.0. The van der Waals surface area contributed by atoms with Gasteiger partial charge in [0.25, 0.3) is 0 Å². The topological polar surface area (TPSA) is 65.5 Å². The van der Waals surface area contributed by atoms with Crippen molar-refractivity contribution in [3.63, 3.8) is 0 Å². The molecule has 0 aromatic carbocycles. The molecule has 1 aliphatic heterocycles. The van der Waals surface area contributed by atoms with Crippen molar-refractivity contribution in [1.82, 2.24) is 15.2 Å². The summed E-state index contributed by atoms with van der Waals surface area (Å²) in [6.45, 7) is 3.35. The summed E-state index contributed by atoms with van der Waals surface area (Å²) in [5.74, 6) is 0. The molecule has 110 valence electrons. The molecule has 20 heavy (non-hydrogen) atoms. The minimum Gasteiger partial charge on any atom is -0.396 e. The summed E-state index contributed by atoms with van der Waals surface area (Å²) >= 11 is 0. The van der Waals surface area contributed by atoms with Crippen LogP contribution in [0.1, 0.15) is 36.9 Å². The Hall–Kier alpha value is -1.62. The van der Waals surface area contributed by atoms with E-state index < -0.39 is 0 Å². The number of aryl methyl sites for hydroxylation is 1. The Balaban J connectivity index is 1.88. The number of carbonyl (C=O) groups excluding carboxylic acids is 1. The summed E-state index contributed by atoms with van der Waals surface area (Å²) in [6, 6.07) is 4.05. The number of aliphatic hydroxyl groups excluding tert-OH is 1. The number of urea groups is 1. The maximum absolute atomic E-state index is 12.2. The molecule has 2 amide bonds. The summed E-state index contributed by atoms with van der Waals surface area (Å²) < 4.78 is 0. The van der Waals surface area contributed by atoms with Gasteiger partial charge in [-0.2, -0.15) is 0 Å². The molecule has 1 fully saturated rings. The summed E-state index contributed by atoms with van der Waals surface area (Å²) in [4.78, 5) is 18.3. The largest absolute Gasteiger partial charge is 0.396 e. The van der Waals surface area contributed by atoms with Crippen LogP contribution >= 0.6 is 0 Å². The van der Waals surface area contributed by atoms with Crippen molar-refractivity contribution in [3.8, 4) is 0 Å². The van der Waals surface area contributed by atoms with E-state index in [2.05, 4.69) is 10.3 Å². The van der Waals surface area contributed by atoms with Gasteiger partial charge >= 0.3 is 6.03 Å². The van der Waals surface area contributed by atoms with Crippen LogP contribution in [-0.4, -0.2) is 40.2 Å². The van der Waals surface area contributed by atoms with Gasteiger partial charge in [-0.25, -0.2) is 4.79 Å². The highest BCUT2D eigenvalue weighted by Gasteiger charge is 2.25. The SMILES string of the molecule is Cc1ccc(CNC(=O)N2CCCCC2CCO)cn1. The Labute approximate surface area is 120 Å². The first-order valence-corrected chi connectivity index (χ1v) is 7.27. The second-order valence-corrected chi connectivity index (χ2v) is 5.32. The summed E-state index contributed by atoms with van der Waals surface area (Å²) in [5.41, 5.74) is 1.97. The van der Waals surface area contributed by atoms with E-state index in [0.717, 1.165) is 37.1 Å². The van der Waals surface area contributed by atoms with Crippen LogP contribution in [0.15, 0.2) is 18.3 Å². The number of amides is 2. The number of rotatable bonds is 4. The van der Waals surface area contributed by atoms with Gasteiger partial charge in [-0.1, -0.05) is 6.07 Å². The lowest BCUT2D eigenvalue weighted by molar-refractivity contribution is 0.131. The van der Waals surface area contributed by atoms with E-state index >= 15 is 0 Å². The molecule has 0 bridgehead atoms. The lowest BCUT2D eigenvalue weighted by Gasteiger charge is -2.35. The molecule has 1 atom stereocenters. The number of hydrogen-bond acceptors (Lipinski definition) is 3. The summed E-state index contributed by atoms with van der Waals surface area (Å²) in [7, 11) is 0. The molecular formula is C15H23N3O2. The van der Waals surface area contributed by atoms with Crippen molar-refractivity contribution in [1.29, 1.82) is 0 Å².